The predicted octanol–water partition coefficient (Wildman–Crippen LogP) is 1.04. The summed E-state index contributed by atoms with van der Waals surface area (Å²) in [6, 6.07) is 3.40. The lowest BCUT2D eigenvalue weighted by molar-refractivity contribution is -0.135. The Labute approximate surface area is 98.2 Å². The van der Waals surface area contributed by atoms with Crippen molar-refractivity contribution in [1.82, 2.24) is 10.2 Å². The number of carbonyl (C=O) groups excluding carboxylic acids is 1. The Hall–Kier alpha value is -1.98. The number of hydrogen-bond acceptors (Lipinski definition) is 3. The summed E-state index contributed by atoms with van der Waals surface area (Å²) in [5, 5.41) is 10.9. The van der Waals surface area contributed by atoms with E-state index in [0.717, 1.165) is 12.8 Å². The molecule has 17 heavy (non-hydrogen) atoms. The first kappa shape index (κ1) is 11.5. The molecule has 6 nitrogen and oxygen atoms in total. The van der Waals surface area contributed by atoms with E-state index in [-0.39, 0.29) is 18.6 Å². The molecule has 0 spiro atoms. The maximum absolute atomic E-state index is 11.8. The Morgan fingerprint density at radius 1 is 1.53 bits per heavy atom. The number of carbonyl (C=O) groups is 2. The molecular formula is C11H14N2O4. The number of amides is 2. The number of nitrogens with one attached hydrogen (secondary N) is 1. The minimum atomic E-state index is -1.05. The van der Waals surface area contributed by atoms with Crippen LogP contribution in [0.3, 0.4) is 0 Å². The smallest absolute Gasteiger partial charge is 0.323 e. The quantitative estimate of drug-likeness (QED) is 0.802. The van der Waals surface area contributed by atoms with Crippen LogP contribution in [0, 0.1) is 0 Å². The Bertz CT molecular complexity index is 398. The van der Waals surface area contributed by atoms with Gasteiger partial charge in [-0.15, -0.1) is 0 Å². The van der Waals surface area contributed by atoms with Gasteiger partial charge in [0, 0.05) is 6.04 Å². The molecule has 1 aliphatic carbocycles. The first-order chi connectivity index (χ1) is 8.16. The number of carboxylic acids is 1. The summed E-state index contributed by atoms with van der Waals surface area (Å²) in [6.45, 7) is 0.0172. The van der Waals surface area contributed by atoms with Crippen molar-refractivity contribution < 1.29 is 19.1 Å². The lowest BCUT2D eigenvalue weighted by Crippen LogP contribution is -2.42. The van der Waals surface area contributed by atoms with Crippen LogP contribution < -0.4 is 5.32 Å². The van der Waals surface area contributed by atoms with E-state index in [4.69, 9.17) is 9.52 Å². The summed E-state index contributed by atoms with van der Waals surface area (Å²) >= 11 is 0. The van der Waals surface area contributed by atoms with Gasteiger partial charge in [0.15, 0.2) is 0 Å². The molecule has 0 bridgehead atoms. The summed E-state index contributed by atoms with van der Waals surface area (Å²) < 4.78 is 5.18. The standard InChI is InChI=1S/C11H14N2O4/c14-10(15)6-12-11(16)13(8-3-4-8)7-9-2-1-5-17-9/h1-2,5,8H,3-4,6-7H2,(H,12,16)(H,14,15). The van der Waals surface area contributed by atoms with E-state index in [2.05, 4.69) is 5.32 Å². The van der Waals surface area contributed by atoms with Crippen LogP contribution in [0.2, 0.25) is 0 Å². The van der Waals surface area contributed by atoms with Gasteiger partial charge in [-0.05, 0) is 25.0 Å². The highest BCUT2D eigenvalue weighted by Gasteiger charge is 2.33. The SMILES string of the molecule is O=C(O)CNC(=O)N(Cc1ccco1)C1CC1. The van der Waals surface area contributed by atoms with Crippen molar-refractivity contribution >= 4 is 12.0 Å². The lowest BCUT2D eigenvalue weighted by Gasteiger charge is -2.21. The molecule has 92 valence electrons. The van der Waals surface area contributed by atoms with Crippen LogP contribution in [-0.2, 0) is 11.3 Å². The van der Waals surface area contributed by atoms with Crippen molar-refractivity contribution in [2.45, 2.75) is 25.4 Å². The zero-order chi connectivity index (χ0) is 12.3. The van der Waals surface area contributed by atoms with Crippen LogP contribution in [-0.4, -0.2) is 34.6 Å². The van der Waals surface area contributed by atoms with Gasteiger partial charge in [0.2, 0.25) is 0 Å². The molecule has 1 aromatic rings. The molecule has 1 heterocycles. The largest absolute Gasteiger partial charge is 0.480 e. The maximum Gasteiger partial charge on any atom is 0.323 e. The summed E-state index contributed by atoms with van der Waals surface area (Å²) in [5.74, 6) is -0.352. The van der Waals surface area contributed by atoms with Crippen molar-refractivity contribution in [1.29, 1.82) is 0 Å². The van der Waals surface area contributed by atoms with Gasteiger partial charge in [-0.3, -0.25) is 4.79 Å². The maximum atomic E-state index is 11.8. The van der Waals surface area contributed by atoms with Crippen LogP contribution >= 0.6 is 0 Å². The monoisotopic (exact) mass is 238 g/mol. The summed E-state index contributed by atoms with van der Waals surface area (Å²) in [5.41, 5.74) is 0. The fourth-order valence-electron chi connectivity index (χ4n) is 1.58. The van der Waals surface area contributed by atoms with E-state index in [1.54, 1.807) is 23.3 Å². The highest BCUT2D eigenvalue weighted by molar-refractivity contribution is 5.80. The first-order valence-corrected chi connectivity index (χ1v) is 5.45. The molecule has 0 saturated heterocycles. The fourth-order valence-corrected chi connectivity index (χ4v) is 1.58. The summed E-state index contributed by atoms with van der Waals surface area (Å²) in [6.07, 6.45) is 3.47. The molecule has 6 heteroatoms. The number of hydrogen-bond donors (Lipinski definition) is 2. The van der Waals surface area contributed by atoms with Crippen LogP contribution in [0.15, 0.2) is 22.8 Å². The Morgan fingerprint density at radius 2 is 2.29 bits per heavy atom. The van der Waals surface area contributed by atoms with Crippen LogP contribution in [0.1, 0.15) is 18.6 Å². The Kier molecular flexibility index (Phi) is 3.32. The predicted molar refractivity (Wildman–Crippen MR) is 58.3 cm³/mol. The van der Waals surface area contributed by atoms with Crippen molar-refractivity contribution in [3.63, 3.8) is 0 Å². The molecule has 2 rings (SSSR count). The van der Waals surface area contributed by atoms with Gasteiger partial charge < -0.3 is 19.7 Å². The number of aliphatic carboxylic acids is 1. The third-order valence-electron chi connectivity index (χ3n) is 2.55. The van der Waals surface area contributed by atoms with Crippen molar-refractivity contribution in [3.8, 4) is 0 Å². The summed E-state index contributed by atoms with van der Waals surface area (Å²) in [4.78, 5) is 23.8. The van der Waals surface area contributed by atoms with Crippen LogP contribution in [0.5, 0.6) is 0 Å². The molecule has 2 N–H and O–H groups in total. The van der Waals surface area contributed by atoms with Gasteiger partial charge in [-0.1, -0.05) is 0 Å². The van der Waals surface area contributed by atoms with Gasteiger partial charge in [-0.25, -0.2) is 4.79 Å². The van der Waals surface area contributed by atoms with E-state index in [0.29, 0.717) is 12.3 Å². The third-order valence-corrected chi connectivity index (χ3v) is 2.55. The average molecular weight is 238 g/mol. The Morgan fingerprint density at radius 3 is 2.82 bits per heavy atom. The Balaban J connectivity index is 1.92. The molecular weight excluding hydrogens is 224 g/mol. The fraction of sp³-hybridized carbons (Fsp3) is 0.455. The van der Waals surface area contributed by atoms with E-state index in [1.165, 1.54) is 0 Å². The number of furan rings is 1. The second-order valence-electron chi connectivity index (χ2n) is 3.99. The molecule has 2 amide bonds. The van der Waals surface area contributed by atoms with Gasteiger partial charge in [0.25, 0.3) is 0 Å². The van der Waals surface area contributed by atoms with Crippen LogP contribution in [0.4, 0.5) is 4.79 Å². The van der Waals surface area contributed by atoms with Gasteiger partial charge in [0.05, 0.1) is 12.8 Å². The molecule has 0 radical (unpaired) electrons. The van der Waals surface area contributed by atoms with Crippen molar-refractivity contribution in [3.05, 3.63) is 24.2 Å². The molecule has 1 aliphatic rings. The highest BCUT2D eigenvalue weighted by Crippen LogP contribution is 2.28. The van der Waals surface area contributed by atoms with Crippen LogP contribution in [0.25, 0.3) is 0 Å². The third kappa shape index (κ3) is 3.24. The average Bonchev–Trinajstić information content (AvgIpc) is 3.00. The second-order valence-corrected chi connectivity index (χ2v) is 3.99. The van der Waals surface area contributed by atoms with Gasteiger partial charge >= 0.3 is 12.0 Å². The van der Waals surface area contributed by atoms with E-state index in [9.17, 15) is 9.59 Å². The minimum absolute atomic E-state index is 0.203. The topological polar surface area (TPSA) is 82.8 Å². The highest BCUT2D eigenvalue weighted by atomic mass is 16.4. The molecule has 0 aromatic carbocycles. The number of rotatable bonds is 5. The molecule has 1 fully saturated rings. The minimum Gasteiger partial charge on any atom is -0.480 e. The molecule has 0 atom stereocenters. The van der Waals surface area contributed by atoms with Crippen molar-refractivity contribution in [2.75, 3.05) is 6.54 Å². The molecule has 0 unspecified atom stereocenters. The van der Waals surface area contributed by atoms with E-state index < -0.39 is 5.97 Å². The normalized spacial score (nSPS) is 14.4. The lowest BCUT2D eigenvalue weighted by atomic mass is 10.4. The zero-order valence-electron chi connectivity index (χ0n) is 9.26. The van der Waals surface area contributed by atoms with E-state index in [1.807, 2.05) is 0 Å². The number of carboxylic acid groups (broad SMARTS) is 1. The number of nitrogens with zero attached hydrogens (tertiary/aromatic N) is 1. The molecule has 1 saturated carbocycles. The van der Waals surface area contributed by atoms with E-state index >= 15 is 0 Å². The zero-order valence-corrected chi connectivity index (χ0v) is 9.26. The number of urea groups is 1. The van der Waals surface area contributed by atoms with Gasteiger partial charge in [-0.2, -0.15) is 0 Å². The van der Waals surface area contributed by atoms with Crippen molar-refractivity contribution in [2.24, 2.45) is 0 Å². The molecule has 0 aliphatic heterocycles. The second kappa shape index (κ2) is 4.90. The van der Waals surface area contributed by atoms with Gasteiger partial charge in [0.1, 0.15) is 12.3 Å². The first-order valence-electron chi connectivity index (χ1n) is 5.45. The molecule has 1 aromatic heterocycles. The summed E-state index contributed by atoms with van der Waals surface area (Å²) in [7, 11) is 0.